The van der Waals surface area contributed by atoms with Crippen molar-refractivity contribution in [2.45, 2.75) is 38.8 Å². The zero-order valence-corrected chi connectivity index (χ0v) is 16.6. The summed E-state index contributed by atoms with van der Waals surface area (Å²) in [7, 11) is 0. The first-order valence-corrected chi connectivity index (χ1v) is 9.26. The van der Waals surface area contributed by atoms with Crippen molar-refractivity contribution in [3.8, 4) is 0 Å². The van der Waals surface area contributed by atoms with Gasteiger partial charge >= 0.3 is 5.97 Å². The number of benzene rings is 1. The summed E-state index contributed by atoms with van der Waals surface area (Å²) in [5.74, 6) is -1.89. The van der Waals surface area contributed by atoms with Crippen LogP contribution in [-0.4, -0.2) is 21.8 Å². The van der Waals surface area contributed by atoms with E-state index in [1.807, 2.05) is 20.8 Å². The van der Waals surface area contributed by atoms with Crippen molar-refractivity contribution in [2.24, 2.45) is 0 Å². The van der Waals surface area contributed by atoms with Gasteiger partial charge in [-0.3, -0.25) is 4.79 Å². The normalized spacial score (nSPS) is 12.5. The molecule has 5 nitrogen and oxygen atoms in total. The number of carbonyl (C=O) groups excluding carboxylic acids is 2. The maximum Gasteiger partial charge on any atom is 0.360 e. The molecule has 1 N–H and O–H groups in total. The largest absolute Gasteiger partial charge is 0.442 e. The SMILES string of the molecule is CCC(C)(C)NC(=O)C(OC(=O)c1nsc(Cl)c1Cl)c1ccc(F)cc1. The van der Waals surface area contributed by atoms with E-state index in [2.05, 4.69) is 9.69 Å². The molecule has 1 aromatic carbocycles. The third-order valence-electron chi connectivity index (χ3n) is 3.77. The van der Waals surface area contributed by atoms with E-state index in [0.29, 0.717) is 12.0 Å². The number of carbonyl (C=O) groups is 2. The monoisotopic (exact) mass is 418 g/mol. The Morgan fingerprint density at radius 3 is 2.42 bits per heavy atom. The molecule has 2 rings (SSSR count). The van der Waals surface area contributed by atoms with Crippen molar-refractivity contribution >= 4 is 46.6 Å². The molecule has 0 aliphatic heterocycles. The minimum absolute atomic E-state index is 0.0335. The van der Waals surface area contributed by atoms with Crippen LogP contribution in [0.15, 0.2) is 24.3 Å². The highest BCUT2D eigenvalue weighted by Crippen LogP contribution is 2.31. The Morgan fingerprint density at radius 1 is 1.31 bits per heavy atom. The lowest BCUT2D eigenvalue weighted by Crippen LogP contribution is -2.45. The molecule has 9 heteroatoms. The maximum atomic E-state index is 13.2. The fourth-order valence-electron chi connectivity index (χ4n) is 1.95. The van der Waals surface area contributed by atoms with E-state index in [0.717, 1.165) is 11.5 Å². The quantitative estimate of drug-likeness (QED) is 0.684. The molecule has 1 heterocycles. The Balaban J connectivity index is 2.31. The molecule has 0 radical (unpaired) electrons. The standard InChI is InChI=1S/C17H17Cl2FN2O3S/c1-4-17(2,3)21-15(23)13(9-5-7-10(20)8-6-9)25-16(24)12-11(18)14(19)26-22-12/h5-8,13H,4H2,1-3H3,(H,21,23). The van der Waals surface area contributed by atoms with E-state index in [1.165, 1.54) is 24.3 Å². The summed E-state index contributed by atoms with van der Waals surface area (Å²) in [4.78, 5) is 25.1. The lowest BCUT2D eigenvalue weighted by atomic mass is 10.0. The van der Waals surface area contributed by atoms with E-state index < -0.39 is 29.3 Å². The van der Waals surface area contributed by atoms with Crippen molar-refractivity contribution in [3.63, 3.8) is 0 Å². The molecule has 0 saturated heterocycles. The molecular weight excluding hydrogens is 402 g/mol. The van der Waals surface area contributed by atoms with Gasteiger partial charge in [0.2, 0.25) is 6.10 Å². The summed E-state index contributed by atoms with van der Waals surface area (Å²) in [5, 5.41) is 2.78. The molecule has 140 valence electrons. The van der Waals surface area contributed by atoms with Gasteiger partial charge in [-0.05, 0) is 43.9 Å². The molecule has 1 amide bonds. The Labute approximate surface area is 164 Å². The second kappa shape index (κ2) is 8.33. The second-order valence-electron chi connectivity index (χ2n) is 6.18. The topological polar surface area (TPSA) is 68.3 Å². The van der Waals surface area contributed by atoms with Crippen LogP contribution in [0.2, 0.25) is 9.36 Å². The van der Waals surface area contributed by atoms with Crippen molar-refractivity contribution in [3.05, 3.63) is 50.7 Å². The predicted molar refractivity (Wildman–Crippen MR) is 99.2 cm³/mol. The summed E-state index contributed by atoms with van der Waals surface area (Å²) >= 11 is 12.6. The Hall–Kier alpha value is -1.70. The first-order valence-electron chi connectivity index (χ1n) is 7.73. The first-order chi connectivity index (χ1) is 12.1. The van der Waals surface area contributed by atoms with Gasteiger partial charge in [0.25, 0.3) is 5.91 Å². The van der Waals surface area contributed by atoms with Gasteiger partial charge in [0.1, 0.15) is 15.2 Å². The Morgan fingerprint density at radius 2 is 1.92 bits per heavy atom. The van der Waals surface area contributed by atoms with Crippen molar-refractivity contribution in [2.75, 3.05) is 0 Å². The number of amides is 1. The molecule has 2 aromatic rings. The van der Waals surface area contributed by atoms with Gasteiger partial charge in [-0.1, -0.05) is 42.3 Å². The zero-order chi connectivity index (χ0) is 19.5. The number of rotatable bonds is 6. The van der Waals surface area contributed by atoms with Gasteiger partial charge in [0.15, 0.2) is 5.69 Å². The van der Waals surface area contributed by atoms with Crippen LogP contribution in [0.4, 0.5) is 4.39 Å². The minimum atomic E-state index is -1.29. The van der Waals surface area contributed by atoms with Crippen molar-refractivity contribution < 1.29 is 18.7 Å². The first kappa shape index (κ1) is 20.6. The van der Waals surface area contributed by atoms with Gasteiger partial charge in [-0.25, -0.2) is 9.18 Å². The average molecular weight is 419 g/mol. The van der Waals surface area contributed by atoms with Crippen LogP contribution in [-0.2, 0) is 9.53 Å². The zero-order valence-electron chi connectivity index (χ0n) is 14.3. The Kier molecular flexibility index (Phi) is 6.60. The summed E-state index contributed by atoms with van der Waals surface area (Å²) in [6.07, 6.45) is -0.624. The fraction of sp³-hybridized carbons (Fsp3) is 0.353. The summed E-state index contributed by atoms with van der Waals surface area (Å²) in [6, 6.07) is 5.12. The van der Waals surface area contributed by atoms with Crippen LogP contribution < -0.4 is 5.32 Å². The molecule has 0 bridgehead atoms. The molecule has 1 aromatic heterocycles. The summed E-state index contributed by atoms with van der Waals surface area (Å²) in [5.41, 5.74) is -0.360. The highest BCUT2D eigenvalue weighted by atomic mass is 35.5. The number of esters is 1. The molecule has 1 unspecified atom stereocenters. The number of nitrogens with one attached hydrogen (secondary N) is 1. The van der Waals surface area contributed by atoms with Crippen LogP contribution in [0.1, 0.15) is 49.3 Å². The number of hydrogen-bond acceptors (Lipinski definition) is 5. The fourth-order valence-corrected chi connectivity index (χ4v) is 2.93. The van der Waals surface area contributed by atoms with Gasteiger partial charge < -0.3 is 10.1 Å². The van der Waals surface area contributed by atoms with Crippen LogP contribution in [0.25, 0.3) is 0 Å². The highest BCUT2D eigenvalue weighted by Gasteiger charge is 2.31. The lowest BCUT2D eigenvalue weighted by Gasteiger charge is -2.27. The molecule has 26 heavy (non-hydrogen) atoms. The third-order valence-corrected chi connectivity index (χ3v) is 5.38. The molecule has 0 saturated carbocycles. The molecular formula is C17H17Cl2FN2O3S. The van der Waals surface area contributed by atoms with Crippen molar-refractivity contribution in [1.82, 2.24) is 9.69 Å². The van der Waals surface area contributed by atoms with E-state index in [9.17, 15) is 14.0 Å². The Bertz CT molecular complexity index is 809. The van der Waals surface area contributed by atoms with Crippen LogP contribution >= 0.6 is 34.7 Å². The minimum Gasteiger partial charge on any atom is -0.442 e. The summed E-state index contributed by atoms with van der Waals surface area (Å²) in [6.45, 7) is 5.59. The number of halogens is 3. The number of nitrogens with zero attached hydrogens (tertiary/aromatic N) is 1. The molecule has 1 atom stereocenters. The molecule has 0 aliphatic carbocycles. The highest BCUT2D eigenvalue weighted by molar-refractivity contribution is 7.11. The van der Waals surface area contributed by atoms with Crippen molar-refractivity contribution in [1.29, 1.82) is 0 Å². The predicted octanol–water partition coefficient (Wildman–Crippen LogP) is 4.79. The molecule has 0 fully saturated rings. The number of ether oxygens (including phenoxy) is 1. The van der Waals surface area contributed by atoms with Gasteiger partial charge in [-0.15, -0.1) is 0 Å². The van der Waals surface area contributed by atoms with Gasteiger partial charge in [-0.2, -0.15) is 4.37 Å². The lowest BCUT2D eigenvalue weighted by molar-refractivity contribution is -0.132. The number of hydrogen-bond donors (Lipinski definition) is 1. The van der Waals surface area contributed by atoms with E-state index in [-0.39, 0.29) is 15.1 Å². The third kappa shape index (κ3) is 4.93. The van der Waals surface area contributed by atoms with Gasteiger partial charge in [0.05, 0.1) is 0 Å². The van der Waals surface area contributed by atoms with Crippen LogP contribution in [0.3, 0.4) is 0 Å². The van der Waals surface area contributed by atoms with E-state index in [1.54, 1.807) is 0 Å². The molecule has 0 aliphatic rings. The van der Waals surface area contributed by atoms with E-state index in [4.69, 9.17) is 27.9 Å². The smallest absolute Gasteiger partial charge is 0.360 e. The van der Waals surface area contributed by atoms with Crippen LogP contribution in [0, 0.1) is 5.82 Å². The van der Waals surface area contributed by atoms with Crippen LogP contribution in [0.5, 0.6) is 0 Å². The average Bonchev–Trinajstić information content (AvgIpc) is 2.92. The van der Waals surface area contributed by atoms with Gasteiger partial charge in [0, 0.05) is 11.1 Å². The molecule has 0 spiro atoms. The number of aromatic nitrogens is 1. The second-order valence-corrected chi connectivity index (χ2v) is 7.94. The van der Waals surface area contributed by atoms with E-state index >= 15 is 0 Å². The maximum absolute atomic E-state index is 13.2. The summed E-state index contributed by atoms with van der Waals surface area (Å²) < 4.78 is 22.5.